The number of nitrogens with two attached hydrogens (primary N) is 1. The van der Waals surface area contributed by atoms with Crippen LogP contribution in [0.15, 0.2) is 65.4 Å². The highest BCUT2D eigenvalue weighted by Gasteiger charge is 2.27. The van der Waals surface area contributed by atoms with Crippen molar-refractivity contribution in [1.82, 2.24) is 14.9 Å². The van der Waals surface area contributed by atoms with Gasteiger partial charge in [0.25, 0.3) is 0 Å². The van der Waals surface area contributed by atoms with Gasteiger partial charge in [-0.1, -0.05) is 30.3 Å². The van der Waals surface area contributed by atoms with Crippen molar-refractivity contribution in [3.8, 4) is 0 Å². The number of aromatic nitrogens is 2. The fourth-order valence-corrected chi connectivity index (χ4v) is 4.08. The summed E-state index contributed by atoms with van der Waals surface area (Å²) in [5.74, 6) is 1.73. The molecule has 0 radical (unpaired) electrons. The summed E-state index contributed by atoms with van der Waals surface area (Å²) in [7, 11) is 0. The van der Waals surface area contributed by atoms with Crippen LogP contribution < -0.4 is 5.73 Å². The van der Waals surface area contributed by atoms with E-state index in [1.165, 1.54) is 5.56 Å². The Hall–Kier alpha value is -3.15. The summed E-state index contributed by atoms with van der Waals surface area (Å²) >= 11 is 0. The van der Waals surface area contributed by atoms with Gasteiger partial charge in [0.15, 0.2) is 0 Å². The second kappa shape index (κ2) is 8.90. The van der Waals surface area contributed by atoms with E-state index in [1.54, 1.807) is 12.5 Å². The number of carbonyl (C=O) groups excluding carboxylic acids is 1. The third kappa shape index (κ3) is 4.83. The van der Waals surface area contributed by atoms with Crippen LogP contribution in [0.5, 0.6) is 0 Å². The zero-order valence-corrected chi connectivity index (χ0v) is 16.4. The van der Waals surface area contributed by atoms with Gasteiger partial charge < -0.3 is 15.1 Å². The van der Waals surface area contributed by atoms with Crippen LogP contribution in [0.2, 0.25) is 0 Å². The Kier molecular flexibility index (Phi) is 5.89. The normalized spacial score (nSPS) is 15.9. The highest BCUT2D eigenvalue weighted by Crippen LogP contribution is 2.30. The second-order valence-electron chi connectivity index (χ2n) is 7.60. The van der Waals surface area contributed by atoms with Crippen molar-refractivity contribution in [2.45, 2.75) is 37.5 Å². The first-order valence-corrected chi connectivity index (χ1v) is 10.1. The Bertz CT molecular complexity index is 919. The fourth-order valence-electron chi connectivity index (χ4n) is 4.08. The SMILES string of the molecule is Nc1nccc(C2CCN(C(=O)CC(Cc3ccccc3)c3ccco3)CC2)n1. The van der Waals surface area contributed by atoms with Gasteiger partial charge in [-0.3, -0.25) is 4.79 Å². The number of rotatable bonds is 6. The van der Waals surface area contributed by atoms with E-state index in [1.807, 2.05) is 41.3 Å². The van der Waals surface area contributed by atoms with Crippen molar-refractivity contribution in [2.24, 2.45) is 0 Å². The smallest absolute Gasteiger partial charge is 0.223 e. The number of carbonyl (C=O) groups is 1. The van der Waals surface area contributed by atoms with Crippen molar-refractivity contribution < 1.29 is 9.21 Å². The number of hydrogen-bond donors (Lipinski definition) is 1. The van der Waals surface area contributed by atoms with E-state index in [4.69, 9.17) is 10.2 Å². The summed E-state index contributed by atoms with van der Waals surface area (Å²) in [4.78, 5) is 23.3. The highest BCUT2D eigenvalue weighted by atomic mass is 16.3. The molecule has 1 aromatic carbocycles. The third-order valence-electron chi connectivity index (χ3n) is 5.65. The maximum absolute atomic E-state index is 13.0. The number of piperidine rings is 1. The maximum Gasteiger partial charge on any atom is 0.223 e. The summed E-state index contributed by atoms with van der Waals surface area (Å²) in [5, 5.41) is 0. The highest BCUT2D eigenvalue weighted by molar-refractivity contribution is 5.77. The number of nitrogen functional groups attached to an aromatic ring is 1. The largest absolute Gasteiger partial charge is 0.469 e. The number of amides is 1. The molecular weight excluding hydrogens is 364 g/mol. The zero-order valence-electron chi connectivity index (χ0n) is 16.4. The molecule has 0 spiro atoms. The molecule has 6 heteroatoms. The molecule has 0 saturated carbocycles. The topological polar surface area (TPSA) is 85.2 Å². The average Bonchev–Trinajstić information content (AvgIpc) is 3.29. The van der Waals surface area contributed by atoms with Crippen molar-refractivity contribution >= 4 is 11.9 Å². The van der Waals surface area contributed by atoms with E-state index < -0.39 is 0 Å². The minimum Gasteiger partial charge on any atom is -0.469 e. The molecule has 6 nitrogen and oxygen atoms in total. The molecule has 3 heterocycles. The van der Waals surface area contributed by atoms with Gasteiger partial charge in [0.2, 0.25) is 11.9 Å². The predicted octanol–water partition coefficient (Wildman–Crippen LogP) is 3.77. The van der Waals surface area contributed by atoms with Crippen LogP contribution in [0.4, 0.5) is 5.95 Å². The van der Waals surface area contributed by atoms with Crippen LogP contribution in [0.25, 0.3) is 0 Å². The molecule has 3 aromatic rings. The molecule has 4 rings (SSSR count). The van der Waals surface area contributed by atoms with Gasteiger partial charge >= 0.3 is 0 Å². The molecule has 1 aliphatic rings. The second-order valence-corrected chi connectivity index (χ2v) is 7.60. The summed E-state index contributed by atoms with van der Waals surface area (Å²) in [5.41, 5.74) is 7.89. The number of benzene rings is 1. The van der Waals surface area contributed by atoms with Gasteiger partial charge in [0.1, 0.15) is 5.76 Å². The minimum atomic E-state index is 0.0410. The molecule has 0 aliphatic carbocycles. The first-order chi connectivity index (χ1) is 14.2. The molecule has 1 aliphatic heterocycles. The summed E-state index contributed by atoms with van der Waals surface area (Å²) < 4.78 is 5.65. The van der Waals surface area contributed by atoms with Gasteiger partial charge in [-0.25, -0.2) is 9.97 Å². The van der Waals surface area contributed by atoms with Crippen LogP contribution in [0.3, 0.4) is 0 Å². The Morgan fingerprint density at radius 1 is 1.14 bits per heavy atom. The van der Waals surface area contributed by atoms with Gasteiger partial charge in [-0.2, -0.15) is 0 Å². The fraction of sp³-hybridized carbons (Fsp3) is 0.348. The van der Waals surface area contributed by atoms with Crippen molar-refractivity contribution in [3.05, 3.63) is 78.0 Å². The first-order valence-electron chi connectivity index (χ1n) is 10.1. The Morgan fingerprint density at radius 2 is 1.93 bits per heavy atom. The van der Waals surface area contributed by atoms with E-state index in [9.17, 15) is 4.79 Å². The van der Waals surface area contributed by atoms with E-state index >= 15 is 0 Å². The lowest BCUT2D eigenvalue weighted by atomic mass is 9.91. The molecule has 2 aromatic heterocycles. The van der Waals surface area contributed by atoms with E-state index in [2.05, 4.69) is 22.1 Å². The number of nitrogens with zero attached hydrogens (tertiary/aromatic N) is 3. The molecule has 1 fully saturated rings. The van der Waals surface area contributed by atoms with Crippen LogP contribution in [0.1, 0.15) is 48.1 Å². The lowest BCUT2D eigenvalue weighted by Gasteiger charge is -2.32. The molecule has 1 amide bonds. The minimum absolute atomic E-state index is 0.0410. The van der Waals surface area contributed by atoms with Crippen LogP contribution in [-0.4, -0.2) is 33.9 Å². The molecule has 1 saturated heterocycles. The Balaban J connectivity index is 1.38. The lowest BCUT2D eigenvalue weighted by molar-refractivity contribution is -0.132. The predicted molar refractivity (Wildman–Crippen MR) is 111 cm³/mol. The Labute approximate surface area is 170 Å². The first kappa shape index (κ1) is 19.2. The maximum atomic E-state index is 13.0. The van der Waals surface area contributed by atoms with Crippen molar-refractivity contribution in [2.75, 3.05) is 18.8 Å². The van der Waals surface area contributed by atoms with Crippen LogP contribution >= 0.6 is 0 Å². The molecule has 29 heavy (non-hydrogen) atoms. The van der Waals surface area contributed by atoms with Crippen LogP contribution in [0, 0.1) is 0 Å². The summed E-state index contributed by atoms with van der Waals surface area (Å²) in [6.07, 6.45) is 6.41. The third-order valence-corrected chi connectivity index (χ3v) is 5.65. The van der Waals surface area contributed by atoms with Gasteiger partial charge in [-0.05, 0) is 43.0 Å². The number of likely N-dealkylation sites (tertiary alicyclic amines) is 1. The van der Waals surface area contributed by atoms with Gasteiger partial charge in [0.05, 0.1) is 6.26 Å². The number of hydrogen-bond acceptors (Lipinski definition) is 5. The Morgan fingerprint density at radius 3 is 2.62 bits per heavy atom. The number of furan rings is 1. The van der Waals surface area contributed by atoms with Crippen molar-refractivity contribution in [3.63, 3.8) is 0 Å². The number of anilines is 1. The zero-order chi connectivity index (χ0) is 20.1. The van der Waals surface area contributed by atoms with Crippen molar-refractivity contribution in [1.29, 1.82) is 0 Å². The van der Waals surface area contributed by atoms with E-state index in [0.29, 0.717) is 18.3 Å². The monoisotopic (exact) mass is 390 g/mol. The lowest BCUT2D eigenvalue weighted by Crippen LogP contribution is -2.38. The van der Waals surface area contributed by atoms with Gasteiger partial charge in [-0.15, -0.1) is 0 Å². The molecule has 0 bridgehead atoms. The quantitative estimate of drug-likeness (QED) is 0.692. The van der Waals surface area contributed by atoms with E-state index in [0.717, 1.165) is 43.8 Å². The molecule has 2 N–H and O–H groups in total. The summed E-state index contributed by atoms with van der Waals surface area (Å²) in [6, 6.07) is 16.0. The summed E-state index contributed by atoms with van der Waals surface area (Å²) in [6.45, 7) is 1.48. The van der Waals surface area contributed by atoms with Gasteiger partial charge in [0, 0.05) is 43.2 Å². The average molecular weight is 390 g/mol. The van der Waals surface area contributed by atoms with E-state index in [-0.39, 0.29) is 11.8 Å². The molecular formula is C23H26N4O2. The molecule has 1 unspecified atom stereocenters. The standard InChI is InChI=1S/C23H26N4O2/c24-23-25-11-8-20(26-23)18-9-12-27(13-10-18)22(28)16-19(21-7-4-14-29-21)15-17-5-2-1-3-6-17/h1-8,11,14,18-19H,9-10,12-13,15-16H2,(H2,24,25,26). The molecule has 150 valence electrons. The van der Waals surface area contributed by atoms with Crippen LogP contribution in [-0.2, 0) is 11.2 Å². The molecule has 1 atom stereocenters.